The van der Waals surface area contributed by atoms with Gasteiger partial charge >= 0.3 is 0 Å². The summed E-state index contributed by atoms with van der Waals surface area (Å²) >= 11 is 0. The van der Waals surface area contributed by atoms with Gasteiger partial charge in [0.2, 0.25) is 0 Å². The fourth-order valence-electron chi connectivity index (χ4n) is 6.17. The summed E-state index contributed by atoms with van der Waals surface area (Å²) in [4.78, 5) is 33.1. The summed E-state index contributed by atoms with van der Waals surface area (Å²) in [5.74, 6) is 1.32. The van der Waals surface area contributed by atoms with E-state index in [0.29, 0.717) is 37.7 Å². The van der Waals surface area contributed by atoms with Gasteiger partial charge in [-0.2, -0.15) is 0 Å². The topological polar surface area (TPSA) is 77.2 Å². The van der Waals surface area contributed by atoms with Gasteiger partial charge in [-0.25, -0.2) is 0 Å². The Morgan fingerprint density at radius 2 is 1.59 bits per heavy atom. The molecule has 3 heterocycles. The smallest absolute Gasteiger partial charge is 0.254 e. The van der Waals surface area contributed by atoms with Crippen LogP contribution in [-0.2, 0) is 0 Å². The number of hydrogen-bond acceptors (Lipinski definition) is 6. The maximum atomic E-state index is 13.6. The SMILES string of the molecule is CCCCCC(C)c1cc(C(=O)N2CCN(C(=O)c3cccc(N4CCNCC4)c3)CC2)ccc1OC1CCNC1. The highest BCUT2D eigenvalue weighted by Crippen LogP contribution is 2.33. The first-order valence-electron chi connectivity index (χ1n) is 15.7. The summed E-state index contributed by atoms with van der Waals surface area (Å²) in [5, 5.41) is 6.75. The average molecular weight is 562 g/mol. The molecule has 0 bridgehead atoms. The van der Waals surface area contributed by atoms with Crippen molar-refractivity contribution < 1.29 is 14.3 Å². The fourth-order valence-corrected chi connectivity index (χ4v) is 6.17. The Bertz CT molecular complexity index is 1170. The maximum Gasteiger partial charge on any atom is 0.254 e. The number of piperazine rings is 2. The minimum Gasteiger partial charge on any atom is -0.489 e. The van der Waals surface area contributed by atoms with Crippen LogP contribution < -0.4 is 20.3 Å². The Hall–Kier alpha value is -3.10. The maximum absolute atomic E-state index is 13.6. The first-order chi connectivity index (χ1) is 20.0. The van der Waals surface area contributed by atoms with Crippen LogP contribution in [0.15, 0.2) is 42.5 Å². The van der Waals surface area contributed by atoms with Crippen molar-refractivity contribution in [3.8, 4) is 5.75 Å². The largest absolute Gasteiger partial charge is 0.489 e. The van der Waals surface area contributed by atoms with Crippen molar-refractivity contribution in [2.75, 3.05) is 70.3 Å². The second-order valence-electron chi connectivity index (χ2n) is 11.8. The first kappa shape index (κ1) is 29.4. The highest BCUT2D eigenvalue weighted by molar-refractivity contribution is 5.96. The van der Waals surface area contributed by atoms with Gasteiger partial charge in [0.25, 0.3) is 11.8 Å². The van der Waals surface area contributed by atoms with Gasteiger partial charge in [0, 0.05) is 75.7 Å². The zero-order valence-corrected chi connectivity index (χ0v) is 24.9. The van der Waals surface area contributed by atoms with E-state index in [1.807, 2.05) is 40.1 Å². The molecule has 222 valence electrons. The van der Waals surface area contributed by atoms with Crippen LogP contribution in [0.5, 0.6) is 5.75 Å². The predicted octanol–water partition coefficient (Wildman–Crippen LogP) is 4.12. The third-order valence-corrected chi connectivity index (χ3v) is 8.77. The molecule has 5 rings (SSSR count). The van der Waals surface area contributed by atoms with Crippen LogP contribution in [0.25, 0.3) is 0 Å². The summed E-state index contributed by atoms with van der Waals surface area (Å²) in [6.45, 7) is 12.3. The van der Waals surface area contributed by atoms with Crippen LogP contribution in [0.1, 0.15) is 78.1 Å². The number of benzene rings is 2. The molecule has 2 amide bonds. The van der Waals surface area contributed by atoms with E-state index in [-0.39, 0.29) is 17.9 Å². The number of carbonyl (C=O) groups is 2. The quantitative estimate of drug-likeness (QED) is 0.425. The summed E-state index contributed by atoms with van der Waals surface area (Å²) in [6, 6.07) is 14.0. The Balaban J connectivity index is 1.22. The van der Waals surface area contributed by atoms with Gasteiger partial charge in [0.1, 0.15) is 11.9 Å². The third-order valence-electron chi connectivity index (χ3n) is 8.77. The van der Waals surface area contributed by atoms with E-state index < -0.39 is 0 Å². The number of nitrogens with one attached hydrogen (secondary N) is 2. The van der Waals surface area contributed by atoms with Gasteiger partial charge in [0.05, 0.1) is 0 Å². The van der Waals surface area contributed by atoms with Crippen LogP contribution in [0.3, 0.4) is 0 Å². The van der Waals surface area contributed by atoms with Crippen molar-refractivity contribution >= 4 is 17.5 Å². The van der Waals surface area contributed by atoms with Gasteiger partial charge in [-0.15, -0.1) is 0 Å². The molecule has 2 atom stereocenters. The highest BCUT2D eigenvalue weighted by atomic mass is 16.5. The zero-order valence-electron chi connectivity index (χ0n) is 24.9. The lowest BCUT2D eigenvalue weighted by Crippen LogP contribution is -2.50. The Morgan fingerprint density at radius 1 is 0.878 bits per heavy atom. The van der Waals surface area contributed by atoms with E-state index in [1.54, 1.807) is 0 Å². The van der Waals surface area contributed by atoms with Crippen LogP contribution in [0.4, 0.5) is 5.69 Å². The molecule has 8 heteroatoms. The van der Waals surface area contributed by atoms with Crippen LogP contribution in [0.2, 0.25) is 0 Å². The van der Waals surface area contributed by atoms with Crippen molar-refractivity contribution in [3.63, 3.8) is 0 Å². The normalized spacial score (nSPS) is 20.2. The molecule has 0 aliphatic carbocycles. The molecule has 0 aromatic heterocycles. The van der Waals surface area contributed by atoms with Crippen LogP contribution in [0, 0.1) is 0 Å². The van der Waals surface area contributed by atoms with E-state index in [9.17, 15) is 9.59 Å². The lowest BCUT2D eigenvalue weighted by Gasteiger charge is -2.35. The lowest BCUT2D eigenvalue weighted by molar-refractivity contribution is 0.0535. The molecule has 8 nitrogen and oxygen atoms in total. The molecule has 3 saturated heterocycles. The number of hydrogen-bond donors (Lipinski definition) is 2. The summed E-state index contributed by atoms with van der Waals surface area (Å²) in [7, 11) is 0. The molecule has 3 aliphatic rings. The van der Waals surface area contributed by atoms with E-state index in [4.69, 9.17) is 4.74 Å². The number of anilines is 1. The van der Waals surface area contributed by atoms with E-state index >= 15 is 0 Å². The van der Waals surface area contributed by atoms with E-state index in [0.717, 1.165) is 74.7 Å². The number of nitrogens with zero attached hydrogens (tertiary/aromatic N) is 3. The summed E-state index contributed by atoms with van der Waals surface area (Å²) < 4.78 is 6.41. The van der Waals surface area contributed by atoms with Gasteiger partial charge in [-0.05, 0) is 67.3 Å². The molecule has 2 N–H and O–H groups in total. The predicted molar refractivity (Wildman–Crippen MR) is 164 cm³/mol. The standard InChI is InChI=1S/C33H47N5O3/c1-3-4-5-7-25(2)30-23-27(10-11-31(30)41-29-12-13-35-24-29)33(40)38-20-18-37(19-21-38)32(39)26-8-6-9-28(22-26)36-16-14-34-15-17-36/h6,8-11,22-23,25,29,34-35H,3-5,7,12-21,24H2,1-2H3. The molecule has 0 radical (unpaired) electrons. The number of rotatable bonds is 10. The van der Waals surface area contributed by atoms with E-state index in [2.05, 4.69) is 41.5 Å². The second-order valence-corrected chi connectivity index (χ2v) is 11.8. The Morgan fingerprint density at radius 3 is 2.24 bits per heavy atom. The third kappa shape index (κ3) is 7.41. The number of carbonyl (C=O) groups excluding carboxylic acids is 2. The molecule has 0 spiro atoms. The molecule has 2 aromatic rings. The molecule has 3 fully saturated rings. The van der Waals surface area contributed by atoms with Gasteiger partial charge in [0.15, 0.2) is 0 Å². The van der Waals surface area contributed by atoms with Crippen molar-refractivity contribution in [2.45, 2.75) is 58.0 Å². The second kappa shape index (κ2) is 14.2. The fraction of sp³-hybridized carbons (Fsp3) is 0.576. The van der Waals surface area contributed by atoms with Crippen LogP contribution in [-0.4, -0.2) is 93.2 Å². The lowest BCUT2D eigenvalue weighted by atomic mass is 9.92. The zero-order chi connectivity index (χ0) is 28.6. The summed E-state index contributed by atoms with van der Waals surface area (Å²) in [5.41, 5.74) is 3.66. The highest BCUT2D eigenvalue weighted by Gasteiger charge is 2.27. The number of amides is 2. The van der Waals surface area contributed by atoms with Crippen LogP contribution >= 0.6 is 0 Å². The summed E-state index contributed by atoms with van der Waals surface area (Å²) in [6.07, 6.45) is 5.86. The molecule has 2 aromatic carbocycles. The molecule has 41 heavy (non-hydrogen) atoms. The number of ether oxygens (including phenoxy) is 1. The molecule has 0 saturated carbocycles. The van der Waals surface area contributed by atoms with Crippen molar-refractivity contribution in [1.82, 2.24) is 20.4 Å². The van der Waals surface area contributed by atoms with Gasteiger partial charge < -0.3 is 30.1 Å². The molecular weight excluding hydrogens is 514 g/mol. The molecule has 2 unspecified atom stereocenters. The number of unbranched alkanes of at least 4 members (excludes halogenated alkanes) is 2. The van der Waals surface area contributed by atoms with Crippen molar-refractivity contribution in [1.29, 1.82) is 0 Å². The Kier molecular flexibility index (Phi) is 10.2. The van der Waals surface area contributed by atoms with Gasteiger partial charge in [-0.1, -0.05) is 39.2 Å². The molecular formula is C33H47N5O3. The van der Waals surface area contributed by atoms with Crippen molar-refractivity contribution in [2.24, 2.45) is 0 Å². The van der Waals surface area contributed by atoms with Crippen molar-refractivity contribution in [3.05, 3.63) is 59.2 Å². The first-order valence-corrected chi connectivity index (χ1v) is 15.7. The minimum atomic E-state index is 0.0360. The Labute approximate surface area is 245 Å². The van der Waals surface area contributed by atoms with Gasteiger partial charge in [-0.3, -0.25) is 9.59 Å². The monoisotopic (exact) mass is 561 g/mol. The molecule has 3 aliphatic heterocycles. The average Bonchev–Trinajstić information content (AvgIpc) is 3.54. The minimum absolute atomic E-state index is 0.0360. The van der Waals surface area contributed by atoms with E-state index in [1.165, 1.54) is 19.3 Å².